The third-order valence-electron chi connectivity index (χ3n) is 5.99. The fourth-order valence-corrected chi connectivity index (χ4v) is 4.15. The van der Waals surface area contributed by atoms with E-state index in [1.807, 2.05) is 0 Å². The molecule has 1 aliphatic heterocycles. The third kappa shape index (κ3) is 7.83. The van der Waals surface area contributed by atoms with E-state index in [0.717, 1.165) is 38.2 Å². The second-order valence-corrected chi connectivity index (χ2v) is 10.3. The molecule has 0 unspecified atom stereocenters. The summed E-state index contributed by atoms with van der Waals surface area (Å²) in [6.07, 6.45) is -0.0154. The molecule has 1 saturated heterocycles. The topological polar surface area (TPSA) is 97.9 Å². The van der Waals surface area contributed by atoms with Crippen molar-refractivity contribution in [3.8, 4) is 17.1 Å². The number of aliphatic hydroxyl groups is 1. The average Bonchev–Trinajstić information content (AvgIpc) is 3.43. The first-order valence-corrected chi connectivity index (χ1v) is 12.8. The molecular weight excluding hydrogens is 491 g/mol. The van der Waals surface area contributed by atoms with Crippen molar-refractivity contribution in [2.75, 3.05) is 13.2 Å². The zero-order valence-corrected chi connectivity index (χ0v) is 21.8. The van der Waals surface area contributed by atoms with E-state index in [-0.39, 0.29) is 42.6 Å². The highest BCUT2D eigenvalue weighted by atomic mass is 19.4. The Bertz CT molecular complexity index is 1040. The Labute approximate surface area is 215 Å². The molecular formula is C26H36F3N3O5. The predicted octanol–water partition coefficient (Wildman–Crippen LogP) is 6.54. The Morgan fingerprint density at radius 3 is 2.54 bits per heavy atom. The third-order valence-corrected chi connectivity index (χ3v) is 5.99. The number of hydrogen-bond donors (Lipinski definition) is 1. The number of halogens is 3. The molecule has 11 heteroatoms. The zero-order valence-electron chi connectivity index (χ0n) is 21.8. The van der Waals surface area contributed by atoms with E-state index in [0.29, 0.717) is 6.42 Å². The van der Waals surface area contributed by atoms with Crippen LogP contribution in [0.1, 0.15) is 90.1 Å². The molecule has 1 amide bonds. The Kier molecular flexibility index (Phi) is 9.44. The van der Waals surface area contributed by atoms with Gasteiger partial charge in [0, 0.05) is 12.1 Å². The van der Waals surface area contributed by atoms with Gasteiger partial charge in [0.2, 0.25) is 5.82 Å². The summed E-state index contributed by atoms with van der Waals surface area (Å²) in [5.74, 6) is -0.426. The van der Waals surface area contributed by atoms with E-state index in [2.05, 4.69) is 17.1 Å². The van der Waals surface area contributed by atoms with E-state index < -0.39 is 35.6 Å². The second-order valence-electron chi connectivity index (χ2n) is 10.3. The van der Waals surface area contributed by atoms with Crippen molar-refractivity contribution < 1.29 is 37.1 Å². The number of unbranched alkanes of at least 4 members (excludes halogenated alkanes) is 5. The van der Waals surface area contributed by atoms with Crippen molar-refractivity contribution in [2.24, 2.45) is 0 Å². The number of aromatic nitrogens is 2. The summed E-state index contributed by atoms with van der Waals surface area (Å²) in [6.45, 7) is 7.68. The van der Waals surface area contributed by atoms with Crippen LogP contribution in [0.25, 0.3) is 11.4 Å². The number of carbonyl (C=O) groups excluding carboxylic acids is 1. The van der Waals surface area contributed by atoms with E-state index in [1.165, 1.54) is 17.0 Å². The lowest BCUT2D eigenvalue weighted by Gasteiger charge is -2.27. The number of rotatable bonds is 10. The summed E-state index contributed by atoms with van der Waals surface area (Å²) in [5, 5.41) is 14.3. The minimum absolute atomic E-state index is 0.0746. The number of aliphatic hydroxyl groups excluding tert-OH is 1. The molecule has 3 rings (SSSR count). The quantitative estimate of drug-likeness (QED) is 0.351. The summed E-state index contributed by atoms with van der Waals surface area (Å²) in [5.41, 5.74) is -1.61. The van der Waals surface area contributed by atoms with Crippen LogP contribution in [0.3, 0.4) is 0 Å². The highest BCUT2D eigenvalue weighted by Gasteiger charge is 2.43. The molecule has 37 heavy (non-hydrogen) atoms. The molecule has 2 atom stereocenters. The van der Waals surface area contributed by atoms with Gasteiger partial charge in [-0.15, -0.1) is 0 Å². The largest absolute Gasteiger partial charge is 0.493 e. The Balaban J connectivity index is 1.75. The van der Waals surface area contributed by atoms with Gasteiger partial charge in [-0.2, -0.15) is 18.2 Å². The molecule has 1 aromatic heterocycles. The number of alkyl halides is 3. The van der Waals surface area contributed by atoms with Gasteiger partial charge in [-0.1, -0.05) is 44.2 Å². The van der Waals surface area contributed by atoms with Crippen molar-refractivity contribution in [1.82, 2.24) is 15.0 Å². The van der Waals surface area contributed by atoms with E-state index >= 15 is 0 Å². The van der Waals surface area contributed by atoms with Crippen molar-refractivity contribution in [1.29, 1.82) is 0 Å². The first-order valence-electron chi connectivity index (χ1n) is 12.8. The monoisotopic (exact) mass is 527 g/mol. The molecule has 2 heterocycles. The number of amides is 1. The Morgan fingerprint density at radius 1 is 1.16 bits per heavy atom. The SMILES string of the molecule is CCCCCCCCOc1ccc(-c2noc([C@@H]3[C@H](O)CCN3C(=O)OC(C)(C)C)n2)cc1C(F)(F)F. The number of benzene rings is 1. The lowest BCUT2D eigenvalue weighted by molar-refractivity contribution is -0.138. The van der Waals surface area contributed by atoms with Crippen LogP contribution in [0.4, 0.5) is 18.0 Å². The van der Waals surface area contributed by atoms with Gasteiger partial charge >= 0.3 is 12.3 Å². The van der Waals surface area contributed by atoms with Crippen LogP contribution in [-0.2, 0) is 10.9 Å². The molecule has 0 aliphatic carbocycles. The number of nitrogens with zero attached hydrogens (tertiary/aromatic N) is 3. The van der Waals surface area contributed by atoms with Crippen LogP contribution in [-0.4, -0.2) is 51.1 Å². The van der Waals surface area contributed by atoms with E-state index in [1.54, 1.807) is 20.8 Å². The van der Waals surface area contributed by atoms with Crippen LogP contribution >= 0.6 is 0 Å². The van der Waals surface area contributed by atoms with Crippen LogP contribution in [0.2, 0.25) is 0 Å². The normalized spacial score (nSPS) is 18.3. The van der Waals surface area contributed by atoms with Crippen molar-refractivity contribution in [3.63, 3.8) is 0 Å². The number of likely N-dealkylation sites (tertiary alicyclic amines) is 1. The molecule has 0 bridgehead atoms. The fraction of sp³-hybridized carbons (Fsp3) is 0.654. The molecule has 0 saturated carbocycles. The van der Waals surface area contributed by atoms with Crippen LogP contribution < -0.4 is 4.74 Å². The lowest BCUT2D eigenvalue weighted by Crippen LogP contribution is -2.38. The number of hydrogen-bond acceptors (Lipinski definition) is 7. The molecule has 1 N–H and O–H groups in total. The summed E-state index contributed by atoms with van der Waals surface area (Å²) < 4.78 is 57.5. The lowest BCUT2D eigenvalue weighted by atomic mass is 10.1. The maximum atomic E-state index is 13.8. The highest BCUT2D eigenvalue weighted by Crippen LogP contribution is 2.39. The van der Waals surface area contributed by atoms with Gasteiger partial charge in [0.25, 0.3) is 5.89 Å². The second kappa shape index (κ2) is 12.1. The fourth-order valence-electron chi connectivity index (χ4n) is 4.15. The minimum atomic E-state index is -4.64. The zero-order chi connectivity index (χ0) is 27.2. The molecule has 1 aromatic carbocycles. The molecule has 1 fully saturated rings. The van der Waals surface area contributed by atoms with Crippen molar-refractivity contribution in [2.45, 2.75) is 96.6 Å². The number of carbonyl (C=O) groups is 1. The van der Waals surface area contributed by atoms with E-state index in [4.69, 9.17) is 14.0 Å². The Hall–Kier alpha value is -2.82. The molecule has 1 aliphatic rings. The minimum Gasteiger partial charge on any atom is -0.493 e. The first kappa shape index (κ1) is 28.7. The summed E-state index contributed by atoms with van der Waals surface area (Å²) in [4.78, 5) is 18.1. The average molecular weight is 528 g/mol. The molecule has 0 spiro atoms. The summed E-state index contributed by atoms with van der Waals surface area (Å²) >= 11 is 0. The van der Waals surface area contributed by atoms with Crippen molar-refractivity contribution >= 4 is 6.09 Å². The van der Waals surface area contributed by atoms with Crippen LogP contribution in [0.15, 0.2) is 22.7 Å². The molecule has 206 valence electrons. The van der Waals surface area contributed by atoms with Gasteiger partial charge in [0.1, 0.15) is 17.4 Å². The van der Waals surface area contributed by atoms with Gasteiger partial charge < -0.3 is 19.1 Å². The maximum Gasteiger partial charge on any atom is 0.419 e. The smallest absolute Gasteiger partial charge is 0.419 e. The van der Waals surface area contributed by atoms with Gasteiger partial charge in [0.15, 0.2) is 0 Å². The van der Waals surface area contributed by atoms with Gasteiger partial charge in [-0.3, -0.25) is 4.90 Å². The summed E-state index contributed by atoms with van der Waals surface area (Å²) in [7, 11) is 0. The molecule has 8 nitrogen and oxygen atoms in total. The highest BCUT2D eigenvalue weighted by molar-refractivity contribution is 5.69. The van der Waals surface area contributed by atoms with Gasteiger partial charge in [-0.25, -0.2) is 4.79 Å². The van der Waals surface area contributed by atoms with Crippen molar-refractivity contribution in [3.05, 3.63) is 29.7 Å². The molecule has 0 radical (unpaired) electrons. The summed E-state index contributed by atoms with van der Waals surface area (Å²) in [6, 6.07) is 2.64. The predicted molar refractivity (Wildman–Crippen MR) is 130 cm³/mol. The van der Waals surface area contributed by atoms with Crippen LogP contribution in [0.5, 0.6) is 5.75 Å². The molecule has 2 aromatic rings. The Morgan fingerprint density at radius 2 is 1.86 bits per heavy atom. The van der Waals surface area contributed by atoms with Gasteiger partial charge in [0.05, 0.1) is 18.3 Å². The number of ether oxygens (including phenoxy) is 2. The van der Waals surface area contributed by atoms with Crippen LogP contribution in [0, 0.1) is 0 Å². The standard InChI is InChI=1S/C26H36F3N3O5/c1-5-6-7-8-9-10-15-35-20-12-11-17(16-18(20)26(27,28)29)22-30-23(37-31-22)21-19(33)13-14-32(21)24(34)36-25(2,3)4/h11-12,16,19,21,33H,5-10,13-15H2,1-4H3/t19-,21+/m1/s1. The maximum absolute atomic E-state index is 13.8. The first-order chi connectivity index (χ1) is 17.4. The van der Waals surface area contributed by atoms with E-state index in [9.17, 15) is 23.1 Å². The van der Waals surface area contributed by atoms with Gasteiger partial charge in [-0.05, 0) is 51.8 Å².